The fourth-order valence-electron chi connectivity index (χ4n) is 2.13. The standard InChI is InChI=1S/C15H22N4/c1-13-6-4-5-7-15(13)19-14(8-9-17-19)12-18(3)11-10-16-2/h4-9,16H,10-12H2,1-3H3. The molecule has 2 rings (SSSR count). The molecule has 0 unspecified atom stereocenters. The lowest BCUT2D eigenvalue weighted by molar-refractivity contribution is 0.321. The summed E-state index contributed by atoms with van der Waals surface area (Å²) in [6.45, 7) is 5.03. The van der Waals surface area contributed by atoms with E-state index in [-0.39, 0.29) is 0 Å². The molecule has 0 aliphatic carbocycles. The molecular formula is C15H22N4. The van der Waals surface area contributed by atoms with Crippen molar-refractivity contribution in [2.75, 3.05) is 27.2 Å². The molecule has 0 saturated carbocycles. The first kappa shape index (κ1) is 13.8. The minimum Gasteiger partial charge on any atom is -0.318 e. The predicted molar refractivity (Wildman–Crippen MR) is 78.6 cm³/mol. The van der Waals surface area contributed by atoms with Crippen LogP contribution < -0.4 is 5.32 Å². The Labute approximate surface area is 115 Å². The SMILES string of the molecule is CNCCN(C)Cc1ccnn1-c1ccccc1C. The molecule has 1 N–H and O–H groups in total. The lowest BCUT2D eigenvalue weighted by Gasteiger charge is -2.17. The van der Waals surface area contributed by atoms with Crippen molar-refractivity contribution in [2.45, 2.75) is 13.5 Å². The summed E-state index contributed by atoms with van der Waals surface area (Å²) in [6.07, 6.45) is 1.87. The van der Waals surface area contributed by atoms with E-state index in [2.05, 4.69) is 59.6 Å². The highest BCUT2D eigenvalue weighted by Gasteiger charge is 2.09. The molecule has 1 aromatic heterocycles. The predicted octanol–water partition coefficient (Wildman–Crippen LogP) is 1.83. The largest absolute Gasteiger partial charge is 0.318 e. The van der Waals surface area contributed by atoms with Crippen molar-refractivity contribution in [3.8, 4) is 5.69 Å². The molecule has 0 saturated heterocycles. The second-order valence-electron chi connectivity index (χ2n) is 4.86. The second-order valence-corrected chi connectivity index (χ2v) is 4.86. The number of aromatic nitrogens is 2. The van der Waals surface area contributed by atoms with E-state index in [1.165, 1.54) is 11.3 Å². The normalized spacial score (nSPS) is 11.2. The Morgan fingerprint density at radius 2 is 2.05 bits per heavy atom. The monoisotopic (exact) mass is 258 g/mol. The molecule has 0 atom stereocenters. The maximum Gasteiger partial charge on any atom is 0.0678 e. The Hall–Kier alpha value is -1.65. The average molecular weight is 258 g/mol. The van der Waals surface area contributed by atoms with Gasteiger partial charge in [-0.25, -0.2) is 4.68 Å². The molecule has 2 aromatic rings. The van der Waals surface area contributed by atoms with Gasteiger partial charge in [0.15, 0.2) is 0 Å². The van der Waals surface area contributed by atoms with Gasteiger partial charge < -0.3 is 5.32 Å². The molecule has 1 aromatic carbocycles. The quantitative estimate of drug-likeness (QED) is 0.858. The zero-order valence-corrected chi connectivity index (χ0v) is 11.9. The van der Waals surface area contributed by atoms with Crippen LogP contribution in [0.5, 0.6) is 0 Å². The Kier molecular flexibility index (Phi) is 4.71. The number of likely N-dealkylation sites (N-methyl/N-ethyl adjacent to an activating group) is 2. The summed E-state index contributed by atoms with van der Waals surface area (Å²) in [5, 5.41) is 7.62. The zero-order valence-electron chi connectivity index (χ0n) is 11.9. The summed E-state index contributed by atoms with van der Waals surface area (Å²) >= 11 is 0. The summed E-state index contributed by atoms with van der Waals surface area (Å²) in [5.41, 5.74) is 3.61. The van der Waals surface area contributed by atoms with Crippen molar-refractivity contribution in [2.24, 2.45) is 0 Å². The van der Waals surface area contributed by atoms with Crippen LogP contribution in [-0.4, -0.2) is 41.9 Å². The Bertz CT molecular complexity index is 518. The summed E-state index contributed by atoms with van der Waals surface area (Å²) in [7, 11) is 4.11. The van der Waals surface area contributed by atoms with Crippen molar-refractivity contribution in [3.05, 3.63) is 47.8 Å². The molecule has 19 heavy (non-hydrogen) atoms. The van der Waals surface area contributed by atoms with Crippen molar-refractivity contribution < 1.29 is 0 Å². The molecule has 0 bridgehead atoms. The Balaban J connectivity index is 2.16. The fraction of sp³-hybridized carbons (Fsp3) is 0.400. The molecule has 102 valence electrons. The highest BCUT2D eigenvalue weighted by atomic mass is 15.3. The van der Waals surface area contributed by atoms with Crippen LogP contribution >= 0.6 is 0 Å². The van der Waals surface area contributed by atoms with Gasteiger partial charge in [0.2, 0.25) is 0 Å². The van der Waals surface area contributed by atoms with E-state index in [4.69, 9.17) is 0 Å². The highest BCUT2D eigenvalue weighted by molar-refractivity contribution is 5.40. The van der Waals surface area contributed by atoms with Crippen LogP contribution in [0.4, 0.5) is 0 Å². The van der Waals surface area contributed by atoms with E-state index in [0.717, 1.165) is 25.3 Å². The molecule has 1 heterocycles. The maximum atomic E-state index is 4.45. The number of hydrogen-bond acceptors (Lipinski definition) is 3. The van der Waals surface area contributed by atoms with Gasteiger partial charge in [-0.1, -0.05) is 18.2 Å². The lowest BCUT2D eigenvalue weighted by Crippen LogP contribution is -2.27. The number of nitrogens with one attached hydrogen (secondary N) is 1. The number of aryl methyl sites for hydroxylation is 1. The van der Waals surface area contributed by atoms with Gasteiger partial charge in [-0.15, -0.1) is 0 Å². The molecule has 0 fully saturated rings. The summed E-state index contributed by atoms with van der Waals surface area (Å²) < 4.78 is 2.03. The number of benzene rings is 1. The third kappa shape index (κ3) is 3.43. The number of nitrogens with zero attached hydrogens (tertiary/aromatic N) is 3. The van der Waals surface area contributed by atoms with Crippen LogP contribution in [-0.2, 0) is 6.54 Å². The van der Waals surface area contributed by atoms with Crippen LogP contribution in [0, 0.1) is 6.92 Å². The Morgan fingerprint density at radius 1 is 1.26 bits per heavy atom. The third-order valence-electron chi connectivity index (χ3n) is 3.24. The molecule has 4 heteroatoms. The summed E-state index contributed by atoms with van der Waals surface area (Å²) in [4.78, 5) is 2.29. The Morgan fingerprint density at radius 3 is 2.79 bits per heavy atom. The minimum absolute atomic E-state index is 0.899. The van der Waals surface area contributed by atoms with Gasteiger partial charge >= 0.3 is 0 Å². The maximum absolute atomic E-state index is 4.45. The van der Waals surface area contributed by atoms with Gasteiger partial charge in [0.25, 0.3) is 0 Å². The number of para-hydroxylation sites is 1. The van der Waals surface area contributed by atoms with Gasteiger partial charge in [0.05, 0.1) is 11.4 Å². The topological polar surface area (TPSA) is 33.1 Å². The first-order chi connectivity index (χ1) is 9.22. The number of hydrogen-bond donors (Lipinski definition) is 1. The molecule has 0 amide bonds. The van der Waals surface area contributed by atoms with Gasteiger partial charge in [-0.2, -0.15) is 5.10 Å². The van der Waals surface area contributed by atoms with E-state index in [9.17, 15) is 0 Å². The third-order valence-corrected chi connectivity index (χ3v) is 3.24. The van der Waals surface area contributed by atoms with Crippen molar-refractivity contribution >= 4 is 0 Å². The smallest absolute Gasteiger partial charge is 0.0678 e. The van der Waals surface area contributed by atoms with Crippen molar-refractivity contribution in [1.82, 2.24) is 20.0 Å². The van der Waals surface area contributed by atoms with E-state index < -0.39 is 0 Å². The number of rotatable bonds is 6. The minimum atomic E-state index is 0.899. The first-order valence-corrected chi connectivity index (χ1v) is 6.64. The van der Waals surface area contributed by atoms with E-state index in [1.807, 2.05) is 17.9 Å². The first-order valence-electron chi connectivity index (χ1n) is 6.64. The van der Waals surface area contributed by atoms with Gasteiger partial charge in [0, 0.05) is 25.8 Å². The van der Waals surface area contributed by atoms with Crippen LogP contribution in [0.25, 0.3) is 5.69 Å². The van der Waals surface area contributed by atoms with E-state index in [0.29, 0.717) is 0 Å². The van der Waals surface area contributed by atoms with Crippen LogP contribution in [0.2, 0.25) is 0 Å². The second kappa shape index (κ2) is 6.50. The van der Waals surface area contributed by atoms with Gasteiger partial charge in [0.1, 0.15) is 0 Å². The summed E-state index contributed by atoms with van der Waals surface area (Å²) in [6, 6.07) is 10.4. The molecule has 4 nitrogen and oxygen atoms in total. The fourth-order valence-corrected chi connectivity index (χ4v) is 2.13. The average Bonchev–Trinajstić information content (AvgIpc) is 2.85. The van der Waals surface area contributed by atoms with Crippen LogP contribution in [0.1, 0.15) is 11.3 Å². The van der Waals surface area contributed by atoms with E-state index in [1.54, 1.807) is 0 Å². The van der Waals surface area contributed by atoms with Gasteiger partial charge in [-0.05, 0) is 38.7 Å². The zero-order chi connectivity index (χ0) is 13.7. The van der Waals surface area contributed by atoms with E-state index >= 15 is 0 Å². The highest BCUT2D eigenvalue weighted by Crippen LogP contribution is 2.15. The molecule has 0 radical (unpaired) electrons. The molecule has 0 spiro atoms. The van der Waals surface area contributed by atoms with Crippen molar-refractivity contribution in [1.29, 1.82) is 0 Å². The molecule has 0 aliphatic rings. The molecular weight excluding hydrogens is 236 g/mol. The van der Waals surface area contributed by atoms with Gasteiger partial charge in [-0.3, -0.25) is 4.90 Å². The lowest BCUT2D eigenvalue weighted by atomic mass is 10.2. The summed E-state index contributed by atoms with van der Waals surface area (Å²) in [5.74, 6) is 0. The van der Waals surface area contributed by atoms with Crippen LogP contribution in [0.3, 0.4) is 0 Å². The van der Waals surface area contributed by atoms with Crippen molar-refractivity contribution in [3.63, 3.8) is 0 Å². The molecule has 0 aliphatic heterocycles. The van der Waals surface area contributed by atoms with Crippen LogP contribution in [0.15, 0.2) is 36.5 Å².